The molecule has 0 aromatic carbocycles. The van der Waals surface area contributed by atoms with Gasteiger partial charge >= 0.3 is 29.6 Å². The van der Waals surface area contributed by atoms with Crippen molar-refractivity contribution in [2.24, 2.45) is 11.7 Å². The molecule has 1 fully saturated rings. The van der Waals surface area contributed by atoms with E-state index in [1.54, 1.807) is 5.38 Å². The number of carboxylic acids is 1. The summed E-state index contributed by atoms with van der Waals surface area (Å²) in [6, 6.07) is 1.13. The number of hydrogen-bond donors (Lipinski definition) is 2. The van der Waals surface area contributed by atoms with Gasteiger partial charge in [-0.3, -0.25) is 9.59 Å². The Morgan fingerprint density at radius 3 is 2.65 bits per heavy atom. The predicted molar refractivity (Wildman–Crippen MR) is 75.2 cm³/mol. The topological polar surface area (TPSA) is 124 Å². The van der Waals surface area contributed by atoms with Gasteiger partial charge in [0.2, 0.25) is 5.91 Å². The summed E-state index contributed by atoms with van der Waals surface area (Å²) in [6.45, 7) is 1.51. The molecule has 0 spiro atoms. The Morgan fingerprint density at radius 1 is 1.52 bits per heavy atom. The van der Waals surface area contributed by atoms with Gasteiger partial charge < -0.3 is 25.6 Å². The number of carbonyl (C=O) groups is 3. The summed E-state index contributed by atoms with van der Waals surface area (Å²) in [7, 11) is 0. The van der Waals surface area contributed by atoms with E-state index < -0.39 is 29.8 Å². The molecule has 0 bridgehead atoms. The SMILES string of the molecule is C[C@@H](O)[C@H]1C(=O)N2C(C(=O)[O-])=C(c3csc(C(N)=O)c3)C[C@H]12.[Na+]. The van der Waals surface area contributed by atoms with Gasteiger partial charge in [0.25, 0.3) is 5.91 Å². The number of rotatable bonds is 4. The van der Waals surface area contributed by atoms with Gasteiger partial charge in [0.05, 0.1) is 34.6 Å². The molecule has 0 saturated carbocycles. The Labute approximate surface area is 158 Å². The molecule has 116 valence electrons. The van der Waals surface area contributed by atoms with Crippen molar-refractivity contribution in [3.8, 4) is 0 Å². The molecule has 3 heterocycles. The van der Waals surface area contributed by atoms with E-state index >= 15 is 0 Å². The number of fused-ring (bicyclic) bond motifs is 1. The van der Waals surface area contributed by atoms with E-state index in [1.807, 2.05) is 0 Å². The van der Waals surface area contributed by atoms with Crippen molar-refractivity contribution >= 4 is 34.7 Å². The van der Waals surface area contributed by atoms with Crippen LogP contribution in [0.15, 0.2) is 17.1 Å². The van der Waals surface area contributed by atoms with Crippen molar-refractivity contribution < 1.29 is 54.2 Å². The number of nitrogens with zero attached hydrogens (tertiary/aromatic N) is 1. The molecule has 2 amide bonds. The average molecular weight is 344 g/mol. The van der Waals surface area contributed by atoms with E-state index in [-0.39, 0.29) is 41.3 Å². The Kier molecular flexibility index (Phi) is 5.03. The van der Waals surface area contributed by atoms with Crippen LogP contribution in [-0.2, 0) is 9.59 Å². The molecule has 0 radical (unpaired) electrons. The normalized spacial score (nSPS) is 23.9. The molecule has 3 N–H and O–H groups in total. The molecule has 9 heteroatoms. The third-order valence-electron chi connectivity index (χ3n) is 4.11. The fourth-order valence-electron chi connectivity index (χ4n) is 3.14. The van der Waals surface area contributed by atoms with Crippen molar-refractivity contribution in [3.05, 3.63) is 27.6 Å². The number of primary amides is 1. The van der Waals surface area contributed by atoms with Gasteiger partial charge in [0, 0.05) is 0 Å². The van der Waals surface area contributed by atoms with Gasteiger partial charge in [-0.05, 0) is 35.9 Å². The second kappa shape index (κ2) is 6.37. The quantitative estimate of drug-likeness (QED) is 0.425. The number of aliphatic hydroxyl groups excluding tert-OH is 1. The van der Waals surface area contributed by atoms with E-state index in [1.165, 1.54) is 17.9 Å². The maximum atomic E-state index is 12.1. The van der Waals surface area contributed by atoms with Crippen molar-refractivity contribution in [2.45, 2.75) is 25.5 Å². The Balaban J connectivity index is 0.00000192. The number of thiophene rings is 1. The fraction of sp³-hybridized carbons (Fsp3) is 0.357. The van der Waals surface area contributed by atoms with Crippen molar-refractivity contribution in [1.29, 1.82) is 0 Å². The standard InChI is InChI=1S/C14H14N2O5S.Na/c1-5(17)10-8-3-7(6-2-9(12(15)18)22-4-6)11(14(20)21)16(8)13(10)19;/h2,4-5,8,10,17H,3H2,1H3,(H2,15,18)(H,20,21);/q;+1/p-1/t5-,8-,10-;/m1./s1. The molecule has 0 aliphatic carbocycles. The van der Waals surface area contributed by atoms with Gasteiger partial charge in [-0.15, -0.1) is 11.3 Å². The van der Waals surface area contributed by atoms with E-state index in [4.69, 9.17) is 5.73 Å². The first-order chi connectivity index (χ1) is 10.3. The van der Waals surface area contributed by atoms with Crippen LogP contribution in [0.25, 0.3) is 5.57 Å². The van der Waals surface area contributed by atoms with Gasteiger partial charge in [-0.2, -0.15) is 0 Å². The second-order valence-corrected chi connectivity index (χ2v) is 6.34. The van der Waals surface area contributed by atoms with Crippen LogP contribution >= 0.6 is 11.3 Å². The van der Waals surface area contributed by atoms with Crippen LogP contribution in [0.4, 0.5) is 0 Å². The molecular weight excluding hydrogens is 331 g/mol. The first-order valence-corrected chi connectivity index (χ1v) is 7.55. The van der Waals surface area contributed by atoms with E-state index in [0.29, 0.717) is 22.4 Å². The van der Waals surface area contributed by atoms with E-state index in [2.05, 4.69) is 0 Å². The van der Waals surface area contributed by atoms with Crippen molar-refractivity contribution in [1.82, 2.24) is 4.90 Å². The Hall–Kier alpha value is -1.19. The molecule has 1 aromatic heterocycles. The number of aliphatic hydroxyl groups is 1. The minimum atomic E-state index is -1.44. The van der Waals surface area contributed by atoms with Gasteiger partial charge in [0.15, 0.2) is 0 Å². The van der Waals surface area contributed by atoms with Crippen LogP contribution < -0.4 is 40.4 Å². The summed E-state index contributed by atoms with van der Waals surface area (Å²) in [6.07, 6.45) is -0.542. The third-order valence-corrected chi connectivity index (χ3v) is 5.06. The zero-order valence-corrected chi connectivity index (χ0v) is 15.4. The molecule has 1 saturated heterocycles. The molecule has 2 aliphatic rings. The van der Waals surface area contributed by atoms with Crippen molar-refractivity contribution in [2.75, 3.05) is 0 Å². The predicted octanol–water partition coefficient (Wildman–Crippen LogP) is -4.08. The minimum absolute atomic E-state index is 0. The number of nitrogens with two attached hydrogens (primary N) is 1. The molecule has 2 aliphatic heterocycles. The van der Waals surface area contributed by atoms with Crippen LogP contribution in [-0.4, -0.2) is 39.9 Å². The molecular formula is C14H13N2NaO5S. The van der Waals surface area contributed by atoms with Crippen LogP contribution in [0.2, 0.25) is 0 Å². The number of carbonyl (C=O) groups excluding carboxylic acids is 3. The molecule has 1 aromatic rings. The summed E-state index contributed by atoms with van der Waals surface area (Å²) in [5.74, 6) is -3.06. The van der Waals surface area contributed by atoms with Crippen molar-refractivity contribution in [3.63, 3.8) is 0 Å². The number of amides is 2. The number of aliphatic carboxylic acids is 1. The Morgan fingerprint density at radius 2 is 2.17 bits per heavy atom. The fourth-order valence-corrected chi connectivity index (χ4v) is 3.92. The maximum Gasteiger partial charge on any atom is 1.00 e. The maximum absolute atomic E-state index is 12.1. The summed E-state index contributed by atoms with van der Waals surface area (Å²) in [4.78, 5) is 36.1. The van der Waals surface area contributed by atoms with Crippen LogP contribution in [0, 0.1) is 5.92 Å². The second-order valence-electron chi connectivity index (χ2n) is 5.42. The van der Waals surface area contributed by atoms with E-state index in [9.17, 15) is 24.6 Å². The van der Waals surface area contributed by atoms with Crippen LogP contribution in [0.5, 0.6) is 0 Å². The number of carboxylic acid groups (broad SMARTS) is 1. The zero-order valence-electron chi connectivity index (χ0n) is 12.6. The number of β-lactam (4-membered cyclic amide) rings is 1. The van der Waals surface area contributed by atoms with Gasteiger partial charge in [-0.1, -0.05) is 0 Å². The van der Waals surface area contributed by atoms with Crippen LogP contribution in [0.3, 0.4) is 0 Å². The first-order valence-electron chi connectivity index (χ1n) is 6.67. The molecule has 7 nitrogen and oxygen atoms in total. The average Bonchev–Trinajstić information content (AvgIpc) is 2.99. The number of hydrogen-bond acceptors (Lipinski definition) is 6. The summed E-state index contributed by atoms with van der Waals surface area (Å²) >= 11 is 1.11. The molecule has 23 heavy (non-hydrogen) atoms. The molecule has 0 unspecified atom stereocenters. The third kappa shape index (κ3) is 2.74. The first kappa shape index (κ1) is 18.2. The summed E-state index contributed by atoms with van der Waals surface area (Å²) < 4.78 is 0. The van der Waals surface area contributed by atoms with E-state index in [0.717, 1.165) is 11.3 Å². The summed E-state index contributed by atoms with van der Waals surface area (Å²) in [5.41, 5.74) is 6.00. The Bertz CT molecular complexity index is 727. The van der Waals surface area contributed by atoms with Gasteiger partial charge in [0.1, 0.15) is 0 Å². The smallest absolute Gasteiger partial charge is 0.543 e. The zero-order chi connectivity index (χ0) is 16.2. The summed E-state index contributed by atoms with van der Waals surface area (Å²) in [5, 5.41) is 22.7. The monoisotopic (exact) mass is 344 g/mol. The minimum Gasteiger partial charge on any atom is -0.543 e. The molecule has 3 atom stereocenters. The van der Waals surface area contributed by atoms with Gasteiger partial charge in [-0.25, -0.2) is 0 Å². The van der Waals surface area contributed by atoms with Crippen LogP contribution in [0.1, 0.15) is 28.6 Å². The largest absolute Gasteiger partial charge is 1.00 e. The molecule has 3 rings (SSSR count).